The number of para-hydroxylation sites is 1. The van der Waals surface area contributed by atoms with E-state index in [9.17, 15) is 4.79 Å². The summed E-state index contributed by atoms with van der Waals surface area (Å²) in [6.45, 7) is 11.5. The SMILES string of the molecule is CC(C)c1cc(C(=O)N2CCCCC2c2nc3ccccc3s2)nn1C(C)(C)C. The maximum Gasteiger partial charge on any atom is 0.274 e. The van der Waals surface area contributed by atoms with E-state index < -0.39 is 0 Å². The molecule has 6 heteroatoms. The number of likely N-dealkylation sites (tertiary alicyclic amines) is 1. The summed E-state index contributed by atoms with van der Waals surface area (Å²) in [5, 5.41) is 5.80. The van der Waals surface area contributed by atoms with Crippen LogP contribution in [0.2, 0.25) is 0 Å². The highest BCUT2D eigenvalue weighted by Crippen LogP contribution is 2.36. The summed E-state index contributed by atoms with van der Waals surface area (Å²) >= 11 is 1.71. The molecule has 1 amide bonds. The molecule has 0 spiro atoms. The minimum Gasteiger partial charge on any atom is -0.328 e. The number of rotatable bonds is 3. The van der Waals surface area contributed by atoms with Gasteiger partial charge in [-0.15, -0.1) is 11.3 Å². The first kappa shape index (κ1) is 20.1. The Morgan fingerprint density at radius 3 is 2.62 bits per heavy atom. The first-order valence-corrected chi connectivity index (χ1v) is 11.3. The summed E-state index contributed by atoms with van der Waals surface area (Å²) < 4.78 is 3.20. The Morgan fingerprint density at radius 1 is 1.21 bits per heavy atom. The molecule has 1 aromatic carbocycles. The van der Waals surface area contributed by atoms with Crippen LogP contribution in [-0.2, 0) is 5.54 Å². The van der Waals surface area contributed by atoms with Crippen LogP contribution in [-0.4, -0.2) is 32.1 Å². The van der Waals surface area contributed by atoms with Gasteiger partial charge in [0.25, 0.3) is 5.91 Å². The third kappa shape index (κ3) is 3.82. The van der Waals surface area contributed by atoms with Crippen molar-refractivity contribution in [3.8, 4) is 0 Å². The molecule has 5 nitrogen and oxygen atoms in total. The molecule has 1 fully saturated rings. The zero-order valence-corrected chi connectivity index (χ0v) is 18.8. The number of hydrogen-bond donors (Lipinski definition) is 0. The van der Waals surface area contributed by atoms with Crippen molar-refractivity contribution in [3.05, 3.63) is 46.7 Å². The van der Waals surface area contributed by atoms with Gasteiger partial charge in [0, 0.05) is 12.2 Å². The van der Waals surface area contributed by atoms with Gasteiger partial charge in [0.05, 0.1) is 21.8 Å². The van der Waals surface area contributed by atoms with Crippen LogP contribution in [0.5, 0.6) is 0 Å². The Morgan fingerprint density at radius 2 is 1.97 bits per heavy atom. The standard InChI is InChI=1S/C23H30N4OS/c1-15(2)19-14-17(25-27(19)23(3,4)5)22(28)26-13-9-8-11-18(26)21-24-16-10-6-7-12-20(16)29-21/h6-7,10,12,14-15,18H,8-9,11,13H2,1-5H3. The Labute approximate surface area is 176 Å². The van der Waals surface area contributed by atoms with Gasteiger partial charge in [-0.1, -0.05) is 26.0 Å². The van der Waals surface area contributed by atoms with E-state index in [0.29, 0.717) is 11.6 Å². The first-order valence-electron chi connectivity index (χ1n) is 10.5. The second-order valence-electron chi connectivity index (χ2n) is 9.22. The lowest BCUT2D eigenvalue weighted by molar-refractivity contribution is 0.0603. The molecule has 3 heterocycles. The number of fused-ring (bicyclic) bond motifs is 1. The molecule has 1 unspecified atom stereocenters. The number of hydrogen-bond acceptors (Lipinski definition) is 4. The molecule has 3 aromatic rings. The van der Waals surface area contributed by atoms with Crippen LogP contribution in [0.4, 0.5) is 0 Å². The fourth-order valence-electron chi connectivity index (χ4n) is 4.06. The number of nitrogens with zero attached hydrogens (tertiary/aromatic N) is 4. The van der Waals surface area contributed by atoms with Gasteiger partial charge in [0.1, 0.15) is 5.01 Å². The largest absolute Gasteiger partial charge is 0.328 e. The van der Waals surface area contributed by atoms with Gasteiger partial charge in [0.2, 0.25) is 0 Å². The van der Waals surface area contributed by atoms with Crippen molar-refractivity contribution < 1.29 is 4.79 Å². The van der Waals surface area contributed by atoms with E-state index in [2.05, 4.69) is 40.7 Å². The molecule has 1 atom stereocenters. The lowest BCUT2D eigenvalue weighted by Crippen LogP contribution is -2.39. The quantitative estimate of drug-likeness (QED) is 0.553. The number of aromatic nitrogens is 3. The molecule has 1 saturated heterocycles. The van der Waals surface area contributed by atoms with Crippen LogP contribution < -0.4 is 0 Å². The van der Waals surface area contributed by atoms with Crippen LogP contribution in [0.3, 0.4) is 0 Å². The van der Waals surface area contributed by atoms with Crippen LogP contribution in [0, 0.1) is 0 Å². The fourth-order valence-corrected chi connectivity index (χ4v) is 5.17. The predicted octanol–water partition coefficient (Wildman–Crippen LogP) is 5.74. The second kappa shape index (κ2) is 7.56. The van der Waals surface area contributed by atoms with Crippen LogP contribution in [0.25, 0.3) is 10.2 Å². The van der Waals surface area contributed by atoms with Crippen molar-refractivity contribution >= 4 is 27.5 Å². The molecule has 0 bridgehead atoms. The first-order chi connectivity index (χ1) is 13.8. The molecular weight excluding hydrogens is 380 g/mol. The van der Waals surface area contributed by atoms with E-state index in [1.165, 1.54) is 4.70 Å². The Hall–Kier alpha value is -2.21. The summed E-state index contributed by atoms with van der Waals surface area (Å²) in [6, 6.07) is 10.2. The summed E-state index contributed by atoms with van der Waals surface area (Å²) in [7, 11) is 0. The summed E-state index contributed by atoms with van der Waals surface area (Å²) in [5.74, 6) is 0.337. The van der Waals surface area contributed by atoms with Gasteiger partial charge >= 0.3 is 0 Å². The maximum atomic E-state index is 13.5. The molecule has 1 aliphatic rings. The molecule has 2 aromatic heterocycles. The Balaban J connectivity index is 1.69. The van der Waals surface area contributed by atoms with Crippen molar-refractivity contribution in [1.29, 1.82) is 0 Å². The summed E-state index contributed by atoms with van der Waals surface area (Å²) in [6.07, 6.45) is 3.12. The minimum absolute atomic E-state index is 0.0267. The normalized spacial score (nSPS) is 18.0. The van der Waals surface area contributed by atoms with E-state index >= 15 is 0 Å². The van der Waals surface area contributed by atoms with Crippen LogP contribution in [0.1, 0.15) is 87.0 Å². The van der Waals surface area contributed by atoms with Gasteiger partial charge in [-0.05, 0) is 64.2 Å². The van der Waals surface area contributed by atoms with Crippen molar-refractivity contribution in [2.24, 2.45) is 0 Å². The zero-order chi connectivity index (χ0) is 20.8. The van der Waals surface area contributed by atoms with Crippen molar-refractivity contribution in [1.82, 2.24) is 19.7 Å². The summed E-state index contributed by atoms with van der Waals surface area (Å²) in [5.41, 5.74) is 2.52. The summed E-state index contributed by atoms with van der Waals surface area (Å²) in [4.78, 5) is 20.4. The number of amides is 1. The Bertz CT molecular complexity index is 994. The molecule has 1 aliphatic heterocycles. The number of carbonyl (C=O) groups is 1. The molecule has 0 radical (unpaired) electrons. The lowest BCUT2D eigenvalue weighted by Gasteiger charge is -2.34. The number of benzene rings is 1. The zero-order valence-electron chi connectivity index (χ0n) is 18.0. The highest BCUT2D eigenvalue weighted by molar-refractivity contribution is 7.18. The van der Waals surface area contributed by atoms with Gasteiger partial charge < -0.3 is 4.90 Å². The van der Waals surface area contributed by atoms with Crippen molar-refractivity contribution in [2.45, 2.75) is 71.4 Å². The van der Waals surface area contributed by atoms with Gasteiger partial charge in [0.15, 0.2) is 5.69 Å². The average molecular weight is 411 g/mol. The third-order valence-corrected chi connectivity index (χ3v) is 6.68. The molecule has 29 heavy (non-hydrogen) atoms. The molecule has 0 saturated carbocycles. The topological polar surface area (TPSA) is 51.0 Å². The smallest absolute Gasteiger partial charge is 0.274 e. The van der Waals surface area contributed by atoms with Crippen LogP contribution >= 0.6 is 11.3 Å². The van der Waals surface area contributed by atoms with E-state index in [1.807, 2.05) is 33.8 Å². The molecule has 154 valence electrons. The third-order valence-electron chi connectivity index (χ3n) is 5.54. The average Bonchev–Trinajstić information content (AvgIpc) is 3.32. The molecule has 0 N–H and O–H groups in total. The van der Waals surface area contributed by atoms with Gasteiger partial charge in [-0.2, -0.15) is 5.10 Å². The van der Waals surface area contributed by atoms with E-state index in [-0.39, 0.29) is 17.5 Å². The molecule has 0 aliphatic carbocycles. The van der Waals surface area contributed by atoms with E-state index in [4.69, 9.17) is 10.1 Å². The van der Waals surface area contributed by atoms with Crippen molar-refractivity contribution in [2.75, 3.05) is 6.54 Å². The van der Waals surface area contributed by atoms with Gasteiger partial charge in [-0.25, -0.2) is 4.98 Å². The highest BCUT2D eigenvalue weighted by Gasteiger charge is 2.33. The second-order valence-corrected chi connectivity index (χ2v) is 10.3. The lowest BCUT2D eigenvalue weighted by atomic mass is 10.0. The number of piperidine rings is 1. The predicted molar refractivity (Wildman–Crippen MR) is 119 cm³/mol. The highest BCUT2D eigenvalue weighted by atomic mass is 32.1. The number of thiazole rings is 1. The Kier molecular flexibility index (Phi) is 5.23. The van der Waals surface area contributed by atoms with E-state index in [1.54, 1.807) is 11.3 Å². The number of carbonyl (C=O) groups excluding carboxylic acids is 1. The monoisotopic (exact) mass is 410 g/mol. The van der Waals surface area contributed by atoms with Crippen LogP contribution in [0.15, 0.2) is 30.3 Å². The van der Waals surface area contributed by atoms with Crippen molar-refractivity contribution in [3.63, 3.8) is 0 Å². The molecular formula is C23H30N4OS. The fraction of sp³-hybridized carbons (Fsp3) is 0.522. The minimum atomic E-state index is -0.160. The molecule has 4 rings (SSSR count). The van der Waals surface area contributed by atoms with E-state index in [0.717, 1.165) is 42.0 Å². The maximum absolute atomic E-state index is 13.5. The van der Waals surface area contributed by atoms with Gasteiger partial charge in [-0.3, -0.25) is 9.48 Å².